The van der Waals surface area contributed by atoms with Crippen molar-refractivity contribution < 1.29 is 4.79 Å². The molecular weight excluding hydrogens is 342 g/mol. The second-order valence-corrected chi connectivity index (χ2v) is 8.93. The van der Waals surface area contributed by atoms with Gasteiger partial charge in [0.25, 0.3) is 0 Å². The molecule has 0 aliphatic heterocycles. The normalized spacial score (nSPS) is 11.1. The van der Waals surface area contributed by atoms with E-state index in [9.17, 15) is 4.79 Å². The number of carbonyl (C=O) groups excluding carboxylic acids is 1. The summed E-state index contributed by atoms with van der Waals surface area (Å²) in [4.78, 5) is 13.7. The molecule has 0 N–H and O–H groups in total. The highest BCUT2D eigenvalue weighted by atomic mass is 16.2. The second kappa shape index (κ2) is 22.8. The largest absolute Gasteiger partial charge is 0.346 e. The molecule has 2 heteroatoms. The molecule has 0 heterocycles. The lowest BCUT2D eigenvalue weighted by atomic mass is 10.0. The van der Waals surface area contributed by atoms with Crippen molar-refractivity contribution in [3.8, 4) is 0 Å². The lowest BCUT2D eigenvalue weighted by Gasteiger charge is -2.15. The van der Waals surface area contributed by atoms with Gasteiger partial charge in [0.2, 0.25) is 5.91 Å². The third-order valence-electron chi connectivity index (χ3n) is 5.98. The van der Waals surface area contributed by atoms with Crippen LogP contribution in [0, 0.1) is 0 Å². The number of carbonyl (C=O) groups is 1. The molecule has 0 unspecified atom stereocenters. The fourth-order valence-corrected chi connectivity index (χ4v) is 4.01. The summed E-state index contributed by atoms with van der Waals surface area (Å²) < 4.78 is 0. The van der Waals surface area contributed by atoms with Gasteiger partial charge in [0.05, 0.1) is 0 Å². The lowest BCUT2D eigenvalue weighted by molar-refractivity contribution is -0.130. The maximum absolute atomic E-state index is 11.8. The Hall–Kier alpha value is -0.530. The number of hydrogen-bond acceptors (Lipinski definition) is 1. The summed E-state index contributed by atoms with van der Waals surface area (Å²) in [7, 11) is 1.93. The Morgan fingerprint density at radius 2 is 0.821 bits per heavy atom. The Bertz CT molecular complexity index is 316. The van der Waals surface area contributed by atoms with Gasteiger partial charge in [-0.1, -0.05) is 129 Å². The Morgan fingerprint density at radius 3 is 1.14 bits per heavy atom. The van der Waals surface area contributed by atoms with E-state index in [0.717, 1.165) is 25.8 Å². The first kappa shape index (κ1) is 27.5. The number of rotatable bonds is 22. The molecule has 168 valence electrons. The molecule has 0 aliphatic rings. The number of nitrogens with zero attached hydrogens (tertiary/aromatic N) is 1. The van der Waals surface area contributed by atoms with E-state index in [1.54, 1.807) is 0 Å². The smallest absolute Gasteiger partial charge is 0.222 e. The molecule has 0 rings (SSSR count). The van der Waals surface area contributed by atoms with Gasteiger partial charge in [-0.2, -0.15) is 0 Å². The van der Waals surface area contributed by atoms with Crippen LogP contribution in [0.3, 0.4) is 0 Å². The predicted octanol–water partition coefficient (Wildman–Crippen LogP) is 8.68. The maximum atomic E-state index is 11.8. The van der Waals surface area contributed by atoms with Crippen molar-refractivity contribution in [2.24, 2.45) is 0 Å². The molecule has 28 heavy (non-hydrogen) atoms. The van der Waals surface area contributed by atoms with Crippen LogP contribution in [-0.4, -0.2) is 24.4 Å². The Labute approximate surface area is 178 Å². The van der Waals surface area contributed by atoms with E-state index in [4.69, 9.17) is 0 Å². The lowest BCUT2D eigenvalue weighted by Crippen LogP contribution is -2.26. The third kappa shape index (κ3) is 20.2. The minimum Gasteiger partial charge on any atom is -0.346 e. The zero-order chi connectivity index (χ0) is 20.7. The molecule has 1 amide bonds. The molecule has 0 saturated carbocycles. The van der Waals surface area contributed by atoms with E-state index in [1.165, 1.54) is 116 Å². The quantitative estimate of drug-likeness (QED) is 0.168. The van der Waals surface area contributed by atoms with E-state index in [2.05, 4.69) is 13.8 Å². The number of unbranched alkanes of at least 4 members (excludes halogenated alkanes) is 18. The topological polar surface area (TPSA) is 20.3 Å². The van der Waals surface area contributed by atoms with Gasteiger partial charge in [0.15, 0.2) is 0 Å². The highest BCUT2D eigenvalue weighted by molar-refractivity contribution is 5.75. The van der Waals surface area contributed by atoms with Gasteiger partial charge in [0.1, 0.15) is 0 Å². The third-order valence-corrected chi connectivity index (χ3v) is 5.98. The van der Waals surface area contributed by atoms with E-state index in [0.29, 0.717) is 5.91 Å². The van der Waals surface area contributed by atoms with Gasteiger partial charge >= 0.3 is 0 Å². The maximum Gasteiger partial charge on any atom is 0.222 e. The Morgan fingerprint density at radius 1 is 0.500 bits per heavy atom. The fraction of sp³-hybridized carbons (Fsp3) is 0.962. The minimum atomic E-state index is 0.328. The molecule has 2 nitrogen and oxygen atoms in total. The van der Waals surface area contributed by atoms with Crippen LogP contribution in [0.25, 0.3) is 0 Å². The van der Waals surface area contributed by atoms with Gasteiger partial charge in [0, 0.05) is 20.0 Å². The highest BCUT2D eigenvalue weighted by Crippen LogP contribution is 2.15. The molecule has 0 fully saturated rings. The first-order valence-electron chi connectivity index (χ1n) is 13.0. The van der Waals surface area contributed by atoms with E-state index >= 15 is 0 Å². The summed E-state index contributed by atoms with van der Waals surface area (Å²) in [6.07, 6.45) is 28.4. The molecule has 0 aromatic rings. The van der Waals surface area contributed by atoms with Crippen molar-refractivity contribution >= 4 is 5.91 Å². The molecule has 0 aromatic carbocycles. The molecule has 0 radical (unpaired) electrons. The highest BCUT2D eigenvalue weighted by Gasteiger charge is 2.06. The summed E-state index contributed by atoms with van der Waals surface area (Å²) in [6.45, 7) is 5.32. The average molecular weight is 396 g/mol. The van der Waals surface area contributed by atoms with Gasteiger partial charge in [-0.3, -0.25) is 4.79 Å². The molecule has 0 aromatic heterocycles. The zero-order valence-corrected chi connectivity index (χ0v) is 19.9. The van der Waals surface area contributed by atoms with Crippen LogP contribution in [0.15, 0.2) is 0 Å². The van der Waals surface area contributed by atoms with E-state index < -0.39 is 0 Å². The molecule has 0 atom stereocenters. The first-order valence-corrected chi connectivity index (χ1v) is 13.0. The standard InChI is InChI=1S/C26H53NO/c1-4-6-7-8-9-10-11-12-13-14-15-16-17-18-19-20-21-22-23-24-26(28)27(3)25-5-2/h4-25H2,1-3H3. The number of hydrogen-bond donors (Lipinski definition) is 0. The Kier molecular flexibility index (Phi) is 22.3. The van der Waals surface area contributed by atoms with E-state index in [1.807, 2.05) is 11.9 Å². The van der Waals surface area contributed by atoms with Crippen LogP contribution < -0.4 is 0 Å². The predicted molar refractivity (Wildman–Crippen MR) is 126 cm³/mol. The van der Waals surface area contributed by atoms with Gasteiger partial charge in [-0.05, 0) is 12.8 Å². The molecular formula is C26H53NO. The van der Waals surface area contributed by atoms with Gasteiger partial charge in [-0.15, -0.1) is 0 Å². The van der Waals surface area contributed by atoms with Crippen LogP contribution in [0.4, 0.5) is 0 Å². The molecule has 0 aliphatic carbocycles. The Balaban J connectivity index is 3.11. The summed E-state index contributed by atoms with van der Waals surface area (Å²) in [5.74, 6) is 0.328. The SMILES string of the molecule is CCCCCCCCCCCCCCCCCCCCCC(=O)N(C)CCC. The average Bonchev–Trinajstić information content (AvgIpc) is 2.69. The summed E-state index contributed by atoms with van der Waals surface area (Å²) in [6, 6.07) is 0. The monoisotopic (exact) mass is 395 g/mol. The van der Waals surface area contributed by atoms with Crippen LogP contribution in [-0.2, 0) is 4.79 Å². The van der Waals surface area contributed by atoms with Crippen molar-refractivity contribution in [2.75, 3.05) is 13.6 Å². The van der Waals surface area contributed by atoms with E-state index in [-0.39, 0.29) is 0 Å². The zero-order valence-electron chi connectivity index (χ0n) is 19.9. The summed E-state index contributed by atoms with van der Waals surface area (Å²) in [5.41, 5.74) is 0. The van der Waals surface area contributed by atoms with Gasteiger partial charge < -0.3 is 4.90 Å². The minimum absolute atomic E-state index is 0.328. The van der Waals surface area contributed by atoms with Crippen molar-refractivity contribution in [3.05, 3.63) is 0 Å². The molecule has 0 spiro atoms. The van der Waals surface area contributed by atoms with Crippen molar-refractivity contribution in [3.63, 3.8) is 0 Å². The second-order valence-electron chi connectivity index (χ2n) is 8.93. The van der Waals surface area contributed by atoms with Gasteiger partial charge in [-0.25, -0.2) is 0 Å². The fourth-order valence-electron chi connectivity index (χ4n) is 4.01. The summed E-state index contributed by atoms with van der Waals surface area (Å²) >= 11 is 0. The molecule has 0 bridgehead atoms. The van der Waals surface area contributed by atoms with Crippen LogP contribution in [0.5, 0.6) is 0 Å². The molecule has 0 saturated heterocycles. The van der Waals surface area contributed by atoms with Crippen LogP contribution in [0.1, 0.15) is 149 Å². The van der Waals surface area contributed by atoms with Crippen LogP contribution in [0.2, 0.25) is 0 Å². The van der Waals surface area contributed by atoms with Crippen molar-refractivity contribution in [1.29, 1.82) is 0 Å². The van der Waals surface area contributed by atoms with Crippen LogP contribution >= 0.6 is 0 Å². The summed E-state index contributed by atoms with van der Waals surface area (Å²) in [5, 5.41) is 0. The van der Waals surface area contributed by atoms with Crippen molar-refractivity contribution in [2.45, 2.75) is 149 Å². The van der Waals surface area contributed by atoms with Crippen molar-refractivity contribution in [1.82, 2.24) is 4.90 Å². The first-order chi connectivity index (χ1) is 13.7. The number of amides is 1.